The van der Waals surface area contributed by atoms with Gasteiger partial charge in [-0.2, -0.15) is 0 Å². The second-order valence-corrected chi connectivity index (χ2v) is 4.35. The lowest BCUT2D eigenvalue weighted by atomic mass is 10.1. The Labute approximate surface area is 96.1 Å². The third kappa shape index (κ3) is 2.18. The summed E-state index contributed by atoms with van der Waals surface area (Å²) < 4.78 is 0. The van der Waals surface area contributed by atoms with Crippen molar-refractivity contribution >= 4 is 5.82 Å². The van der Waals surface area contributed by atoms with Crippen LogP contribution in [-0.4, -0.2) is 29.3 Å². The van der Waals surface area contributed by atoms with Crippen molar-refractivity contribution in [3.63, 3.8) is 0 Å². The lowest BCUT2D eigenvalue weighted by Gasteiger charge is -2.32. The highest BCUT2D eigenvalue weighted by Crippen LogP contribution is 2.23. The molecule has 88 valence electrons. The topological polar surface area (TPSA) is 62.4 Å². The molecule has 0 bridgehead atoms. The molecule has 4 nitrogen and oxygen atoms in total. The van der Waals surface area contributed by atoms with E-state index in [1.807, 2.05) is 12.3 Å². The molecule has 0 unspecified atom stereocenters. The van der Waals surface area contributed by atoms with Crippen molar-refractivity contribution in [2.24, 2.45) is 5.73 Å². The lowest BCUT2D eigenvalue weighted by molar-refractivity contribution is 0.145. The molecule has 2 rings (SSSR count). The quantitative estimate of drug-likeness (QED) is 0.776. The molecule has 0 aliphatic carbocycles. The molecular formula is C12H19N3O. The van der Waals surface area contributed by atoms with Gasteiger partial charge in [-0.1, -0.05) is 0 Å². The van der Waals surface area contributed by atoms with Crippen LogP contribution in [0.1, 0.15) is 24.0 Å². The highest BCUT2D eigenvalue weighted by Gasteiger charge is 2.20. The van der Waals surface area contributed by atoms with Crippen molar-refractivity contribution in [1.82, 2.24) is 4.98 Å². The molecule has 0 amide bonds. The van der Waals surface area contributed by atoms with Gasteiger partial charge >= 0.3 is 0 Å². The SMILES string of the molecule is Cc1ccnc(N2CCC(O)CC2)c1CN. The fourth-order valence-electron chi connectivity index (χ4n) is 2.18. The monoisotopic (exact) mass is 221 g/mol. The van der Waals surface area contributed by atoms with Crippen molar-refractivity contribution in [1.29, 1.82) is 0 Å². The highest BCUT2D eigenvalue weighted by atomic mass is 16.3. The normalized spacial score (nSPS) is 17.8. The first-order valence-corrected chi connectivity index (χ1v) is 5.80. The number of nitrogens with two attached hydrogens (primary N) is 1. The Morgan fingerprint density at radius 2 is 2.19 bits per heavy atom. The van der Waals surface area contributed by atoms with Crippen molar-refractivity contribution in [3.8, 4) is 0 Å². The average Bonchev–Trinajstić information content (AvgIpc) is 2.30. The maximum Gasteiger partial charge on any atom is 0.133 e. The second-order valence-electron chi connectivity index (χ2n) is 4.35. The zero-order valence-corrected chi connectivity index (χ0v) is 9.69. The smallest absolute Gasteiger partial charge is 0.133 e. The molecule has 1 saturated heterocycles. The summed E-state index contributed by atoms with van der Waals surface area (Å²) >= 11 is 0. The molecule has 2 heterocycles. The molecule has 1 fully saturated rings. The molecule has 0 saturated carbocycles. The summed E-state index contributed by atoms with van der Waals surface area (Å²) in [4.78, 5) is 6.65. The standard InChI is InChI=1S/C12H19N3O/c1-9-2-5-14-12(11(9)8-13)15-6-3-10(16)4-7-15/h2,5,10,16H,3-4,6-8,13H2,1H3. The summed E-state index contributed by atoms with van der Waals surface area (Å²) in [7, 11) is 0. The Balaban J connectivity index is 2.23. The van der Waals surface area contributed by atoms with Crippen LogP contribution in [-0.2, 0) is 6.54 Å². The van der Waals surface area contributed by atoms with Gasteiger partial charge in [-0.25, -0.2) is 4.98 Å². The van der Waals surface area contributed by atoms with Crippen LogP contribution in [0, 0.1) is 6.92 Å². The zero-order valence-electron chi connectivity index (χ0n) is 9.69. The Hall–Kier alpha value is -1.13. The Morgan fingerprint density at radius 3 is 2.81 bits per heavy atom. The lowest BCUT2D eigenvalue weighted by Crippen LogP contribution is -2.37. The van der Waals surface area contributed by atoms with Gasteiger partial charge in [0, 0.05) is 31.4 Å². The average molecular weight is 221 g/mol. The van der Waals surface area contributed by atoms with E-state index in [2.05, 4.69) is 16.8 Å². The maximum atomic E-state index is 9.48. The first kappa shape index (κ1) is 11.4. The third-order valence-electron chi connectivity index (χ3n) is 3.24. The highest BCUT2D eigenvalue weighted by molar-refractivity contribution is 5.50. The third-order valence-corrected chi connectivity index (χ3v) is 3.24. The fourth-order valence-corrected chi connectivity index (χ4v) is 2.18. The van der Waals surface area contributed by atoms with E-state index < -0.39 is 0 Å². The minimum Gasteiger partial charge on any atom is -0.393 e. The van der Waals surface area contributed by atoms with E-state index in [-0.39, 0.29) is 6.10 Å². The van der Waals surface area contributed by atoms with Gasteiger partial charge in [0.15, 0.2) is 0 Å². The number of aryl methyl sites for hydroxylation is 1. The fraction of sp³-hybridized carbons (Fsp3) is 0.583. The van der Waals surface area contributed by atoms with E-state index in [1.165, 1.54) is 5.56 Å². The molecule has 1 aliphatic rings. The molecule has 0 atom stereocenters. The maximum absolute atomic E-state index is 9.48. The van der Waals surface area contributed by atoms with Gasteiger partial charge in [-0.15, -0.1) is 0 Å². The molecular weight excluding hydrogens is 202 g/mol. The number of piperidine rings is 1. The van der Waals surface area contributed by atoms with Gasteiger partial charge in [0.25, 0.3) is 0 Å². The summed E-state index contributed by atoms with van der Waals surface area (Å²) in [5, 5.41) is 9.48. The van der Waals surface area contributed by atoms with E-state index in [9.17, 15) is 5.11 Å². The Kier molecular flexibility index (Phi) is 3.41. The molecule has 0 spiro atoms. The van der Waals surface area contributed by atoms with Gasteiger partial charge in [0.2, 0.25) is 0 Å². The van der Waals surface area contributed by atoms with Crippen LogP contribution in [0.15, 0.2) is 12.3 Å². The minimum atomic E-state index is -0.151. The number of rotatable bonds is 2. The van der Waals surface area contributed by atoms with E-state index in [0.29, 0.717) is 6.54 Å². The molecule has 16 heavy (non-hydrogen) atoms. The van der Waals surface area contributed by atoms with Crippen LogP contribution < -0.4 is 10.6 Å². The number of aromatic nitrogens is 1. The van der Waals surface area contributed by atoms with Crippen molar-refractivity contribution in [2.45, 2.75) is 32.4 Å². The number of aliphatic hydroxyl groups excluding tert-OH is 1. The summed E-state index contributed by atoms with van der Waals surface area (Å²) in [6.45, 7) is 4.31. The molecule has 1 aromatic rings. The zero-order chi connectivity index (χ0) is 11.5. The number of hydrogen-bond donors (Lipinski definition) is 2. The van der Waals surface area contributed by atoms with Crippen molar-refractivity contribution in [3.05, 3.63) is 23.4 Å². The molecule has 3 N–H and O–H groups in total. The number of aliphatic hydroxyl groups is 1. The summed E-state index contributed by atoms with van der Waals surface area (Å²) in [6, 6.07) is 1.99. The van der Waals surface area contributed by atoms with Gasteiger partial charge in [0.1, 0.15) is 5.82 Å². The summed E-state index contributed by atoms with van der Waals surface area (Å²) in [5.74, 6) is 0.995. The van der Waals surface area contributed by atoms with Crippen molar-refractivity contribution in [2.75, 3.05) is 18.0 Å². The molecule has 1 aromatic heterocycles. The minimum absolute atomic E-state index is 0.151. The largest absolute Gasteiger partial charge is 0.393 e. The molecule has 0 aromatic carbocycles. The van der Waals surface area contributed by atoms with E-state index >= 15 is 0 Å². The van der Waals surface area contributed by atoms with Crippen LogP contribution in [0.4, 0.5) is 5.82 Å². The Morgan fingerprint density at radius 1 is 1.50 bits per heavy atom. The predicted octanol–water partition coefficient (Wildman–Crippen LogP) is 0.810. The van der Waals surface area contributed by atoms with Gasteiger partial charge < -0.3 is 15.7 Å². The van der Waals surface area contributed by atoms with Crippen LogP contribution in [0.2, 0.25) is 0 Å². The second kappa shape index (κ2) is 4.80. The van der Waals surface area contributed by atoms with E-state index in [0.717, 1.165) is 37.3 Å². The molecule has 4 heteroatoms. The van der Waals surface area contributed by atoms with Crippen LogP contribution >= 0.6 is 0 Å². The number of nitrogens with zero attached hydrogens (tertiary/aromatic N) is 2. The number of anilines is 1. The molecule has 0 radical (unpaired) electrons. The first-order chi connectivity index (χ1) is 7.72. The van der Waals surface area contributed by atoms with Crippen LogP contribution in [0.25, 0.3) is 0 Å². The van der Waals surface area contributed by atoms with E-state index in [1.54, 1.807) is 0 Å². The summed E-state index contributed by atoms with van der Waals surface area (Å²) in [5.41, 5.74) is 8.09. The van der Waals surface area contributed by atoms with Gasteiger partial charge in [0.05, 0.1) is 6.10 Å². The van der Waals surface area contributed by atoms with Gasteiger partial charge in [-0.05, 0) is 31.4 Å². The van der Waals surface area contributed by atoms with Crippen molar-refractivity contribution < 1.29 is 5.11 Å². The van der Waals surface area contributed by atoms with Gasteiger partial charge in [-0.3, -0.25) is 0 Å². The number of pyridine rings is 1. The Bertz CT molecular complexity index is 359. The predicted molar refractivity (Wildman–Crippen MR) is 64.3 cm³/mol. The summed E-state index contributed by atoms with van der Waals surface area (Å²) in [6.07, 6.45) is 3.32. The van der Waals surface area contributed by atoms with Crippen LogP contribution in [0.5, 0.6) is 0 Å². The van der Waals surface area contributed by atoms with Crippen LogP contribution in [0.3, 0.4) is 0 Å². The molecule has 1 aliphatic heterocycles. The van der Waals surface area contributed by atoms with E-state index in [4.69, 9.17) is 5.73 Å². The first-order valence-electron chi connectivity index (χ1n) is 5.80. The number of hydrogen-bond acceptors (Lipinski definition) is 4.